The van der Waals surface area contributed by atoms with E-state index in [4.69, 9.17) is 0 Å². The van der Waals surface area contributed by atoms with Crippen LogP contribution in [0.1, 0.15) is 30.2 Å². The summed E-state index contributed by atoms with van der Waals surface area (Å²) in [5.74, 6) is -0.323. The number of piperidine rings is 1. The lowest BCUT2D eigenvalue weighted by Gasteiger charge is -2.28. The van der Waals surface area contributed by atoms with Crippen LogP contribution >= 0.6 is 0 Å². The van der Waals surface area contributed by atoms with Crippen molar-refractivity contribution in [2.45, 2.75) is 38.1 Å². The highest BCUT2D eigenvalue weighted by atomic mass is 19.1. The third-order valence-electron chi connectivity index (χ3n) is 4.14. The number of aromatic nitrogens is 3. The van der Waals surface area contributed by atoms with Crippen LogP contribution in [0.3, 0.4) is 0 Å². The lowest BCUT2D eigenvalue weighted by molar-refractivity contribution is 0.0786. The summed E-state index contributed by atoms with van der Waals surface area (Å²) >= 11 is 0. The molecular weight excluding hydrogens is 299 g/mol. The first kappa shape index (κ1) is 16.0. The maximum Gasteiger partial charge on any atom is 0.123 e. The van der Waals surface area contributed by atoms with E-state index >= 15 is 0 Å². The van der Waals surface area contributed by atoms with Crippen molar-refractivity contribution in [1.82, 2.24) is 19.9 Å². The van der Waals surface area contributed by atoms with Crippen LogP contribution in [-0.4, -0.2) is 49.3 Å². The van der Waals surface area contributed by atoms with E-state index in [9.17, 15) is 14.6 Å². The summed E-state index contributed by atoms with van der Waals surface area (Å²) in [6.45, 7) is 2.68. The Bertz CT molecular complexity index is 623. The second-order valence-corrected chi connectivity index (χ2v) is 6.01. The average molecular weight is 320 g/mol. The van der Waals surface area contributed by atoms with Gasteiger partial charge in [-0.1, -0.05) is 17.3 Å². The number of nitrogens with zero attached hydrogens (tertiary/aromatic N) is 4. The predicted molar refractivity (Wildman–Crippen MR) is 81.9 cm³/mol. The van der Waals surface area contributed by atoms with E-state index in [1.165, 1.54) is 12.1 Å². The fraction of sp³-hybridized carbons (Fsp3) is 0.500. The molecular formula is C16H21FN4O2. The van der Waals surface area contributed by atoms with Crippen molar-refractivity contribution in [2.75, 3.05) is 13.1 Å². The molecule has 1 aromatic heterocycles. The summed E-state index contributed by atoms with van der Waals surface area (Å²) < 4.78 is 14.5. The van der Waals surface area contributed by atoms with Crippen LogP contribution < -0.4 is 0 Å². The number of hydrogen-bond donors (Lipinski definition) is 2. The molecule has 1 fully saturated rings. The second kappa shape index (κ2) is 7.16. The first-order valence-corrected chi connectivity index (χ1v) is 7.83. The van der Waals surface area contributed by atoms with Gasteiger partial charge in [0.05, 0.1) is 24.4 Å². The zero-order chi connectivity index (χ0) is 16.2. The topological polar surface area (TPSA) is 74.4 Å². The first-order valence-electron chi connectivity index (χ1n) is 7.83. The molecule has 3 rings (SSSR count). The van der Waals surface area contributed by atoms with Gasteiger partial charge in [0, 0.05) is 25.8 Å². The van der Waals surface area contributed by atoms with Gasteiger partial charge in [0.15, 0.2) is 0 Å². The van der Waals surface area contributed by atoms with Crippen molar-refractivity contribution < 1.29 is 14.6 Å². The maximum atomic E-state index is 12.9. The summed E-state index contributed by atoms with van der Waals surface area (Å²) in [4.78, 5) is 2.23. The lowest BCUT2D eigenvalue weighted by Crippen LogP contribution is -2.35. The van der Waals surface area contributed by atoms with Crippen molar-refractivity contribution in [3.05, 3.63) is 47.5 Å². The van der Waals surface area contributed by atoms with Gasteiger partial charge in [-0.25, -0.2) is 9.07 Å². The number of rotatable bonds is 5. The second-order valence-electron chi connectivity index (χ2n) is 6.01. The van der Waals surface area contributed by atoms with Gasteiger partial charge in [-0.2, -0.15) is 0 Å². The molecule has 124 valence electrons. The Morgan fingerprint density at radius 1 is 1.22 bits per heavy atom. The molecule has 2 aromatic rings. The van der Waals surface area contributed by atoms with Crippen LogP contribution in [-0.2, 0) is 13.1 Å². The Hall–Kier alpha value is -1.83. The molecule has 1 aliphatic rings. The summed E-state index contributed by atoms with van der Waals surface area (Å²) in [7, 11) is 0. The van der Waals surface area contributed by atoms with Gasteiger partial charge in [0.2, 0.25) is 0 Å². The van der Waals surface area contributed by atoms with Crippen molar-refractivity contribution in [2.24, 2.45) is 0 Å². The quantitative estimate of drug-likeness (QED) is 0.863. The van der Waals surface area contributed by atoms with Gasteiger partial charge in [-0.3, -0.25) is 4.90 Å². The van der Waals surface area contributed by atoms with E-state index < -0.39 is 6.10 Å². The minimum Gasteiger partial charge on any atom is -0.393 e. The number of aliphatic hydroxyl groups excluding tert-OH is 2. The first-order chi connectivity index (χ1) is 11.1. The fourth-order valence-electron chi connectivity index (χ4n) is 2.77. The van der Waals surface area contributed by atoms with Gasteiger partial charge in [0.1, 0.15) is 5.82 Å². The van der Waals surface area contributed by atoms with Crippen molar-refractivity contribution in [3.63, 3.8) is 0 Å². The summed E-state index contributed by atoms with van der Waals surface area (Å²) in [5.41, 5.74) is 1.49. The molecule has 1 saturated heterocycles. The average Bonchev–Trinajstić information content (AvgIpc) is 2.97. The highest BCUT2D eigenvalue weighted by molar-refractivity contribution is 5.18. The van der Waals surface area contributed by atoms with E-state index in [1.807, 2.05) is 6.20 Å². The fourth-order valence-corrected chi connectivity index (χ4v) is 2.77. The molecule has 0 saturated carbocycles. The Morgan fingerprint density at radius 2 is 1.91 bits per heavy atom. The van der Waals surface area contributed by atoms with E-state index in [0.29, 0.717) is 12.1 Å². The molecule has 0 aliphatic carbocycles. The highest BCUT2D eigenvalue weighted by Gasteiger charge is 2.18. The number of likely N-dealkylation sites (tertiary alicyclic amines) is 1. The van der Waals surface area contributed by atoms with E-state index in [2.05, 4.69) is 15.2 Å². The molecule has 2 N–H and O–H groups in total. The molecule has 0 radical (unpaired) electrons. The molecule has 2 heterocycles. The molecule has 1 aromatic carbocycles. The molecule has 0 bridgehead atoms. The number of aliphatic hydroxyl groups is 2. The summed E-state index contributed by atoms with van der Waals surface area (Å²) in [6.07, 6.45) is 2.45. The number of halogens is 1. The van der Waals surface area contributed by atoms with E-state index in [0.717, 1.165) is 31.6 Å². The van der Waals surface area contributed by atoms with Crippen LogP contribution in [0.2, 0.25) is 0 Å². The van der Waals surface area contributed by atoms with Crippen molar-refractivity contribution in [1.29, 1.82) is 0 Å². The molecule has 1 aliphatic heterocycles. The van der Waals surface area contributed by atoms with Crippen LogP contribution in [0.25, 0.3) is 0 Å². The van der Waals surface area contributed by atoms with Gasteiger partial charge in [-0.15, -0.1) is 5.10 Å². The Labute approximate surface area is 134 Å². The van der Waals surface area contributed by atoms with Crippen LogP contribution in [0.4, 0.5) is 4.39 Å². The SMILES string of the molecule is OC1CCN(Cc2cn(C[C@H](O)c3ccc(F)cc3)nn2)CC1. The van der Waals surface area contributed by atoms with Gasteiger partial charge < -0.3 is 10.2 Å². The minimum absolute atomic E-state index is 0.187. The smallest absolute Gasteiger partial charge is 0.123 e. The zero-order valence-corrected chi connectivity index (χ0v) is 12.8. The molecule has 0 amide bonds. The monoisotopic (exact) mass is 320 g/mol. The Balaban J connectivity index is 1.55. The van der Waals surface area contributed by atoms with E-state index in [1.54, 1.807) is 16.8 Å². The van der Waals surface area contributed by atoms with Crippen LogP contribution in [0.5, 0.6) is 0 Å². The van der Waals surface area contributed by atoms with E-state index in [-0.39, 0.29) is 18.5 Å². The summed E-state index contributed by atoms with van der Waals surface area (Å²) in [5, 5.41) is 27.9. The Kier molecular flexibility index (Phi) is 5.00. The normalized spacial score (nSPS) is 18.2. The summed E-state index contributed by atoms with van der Waals surface area (Å²) in [6, 6.07) is 5.79. The lowest BCUT2D eigenvalue weighted by atomic mass is 10.1. The largest absolute Gasteiger partial charge is 0.393 e. The molecule has 6 nitrogen and oxygen atoms in total. The third-order valence-corrected chi connectivity index (χ3v) is 4.14. The highest BCUT2D eigenvalue weighted by Crippen LogP contribution is 2.16. The molecule has 0 spiro atoms. The third kappa shape index (κ3) is 4.34. The van der Waals surface area contributed by atoms with Crippen LogP contribution in [0, 0.1) is 5.82 Å². The molecule has 23 heavy (non-hydrogen) atoms. The van der Waals surface area contributed by atoms with Crippen molar-refractivity contribution >= 4 is 0 Å². The molecule has 1 atom stereocenters. The predicted octanol–water partition coefficient (Wildman–Crippen LogP) is 1.11. The van der Waals surface area contributed by atoms with Gasteiger partial charge in [0.25, 0.3) is 0 Å². The number of hydrogen-bond acceptors (Lipinski definition) is 5. The molecule has 7 heteroatoms. The van der Waals surface area contributed by atoms with Crippen molar-refractivity contribution in [3.8, 4) is 0 Å². The Morgan fingerprint density at radius 3 is 2.61 bits per heavy atom. The molecule has 0 unspecified atom stereocenters. The zero-order valence-electron chi connectivity index (χ0n) is 12.8. The standard InChI is InChI=1S/C16H21FN4O2/c17-13-3-1-12(2-4-13)16(23)11-21-10-14(18-19-21)9-20-7-5-15(22)6-8-20/h1-4,10,15-16,22-23H,5-9,11H2/t16-/m0/s1. The minimum atomic E-state index is -0.754. The van der Waals surface area contributed by atoms with Gasteiger partial charge in [-0.05, 0) is 30.5 Å². The maximum absolute atomic E-state index is 12.9. The van der Waals surface area contributed by atoms with Crippen LogP contribution in [0.15, 0.2) is 30.5 Å². The van der Waals surface area contributed by atoms with Gasteiger partial charge >= 0.3 is 0 Å². The number of benzene rings is 1.